The van der Waals surface area contributed by atoms with Gasteiger partial charge in [-0.1, -0.05) is 35.3 Å². The summed E-state index contributed by atoms with van der Waals surface area (Å²) in [5.74, 6) is -0.245. The van der Waals surface area contributed by atoms with E-state index in [4.69, 9.17) is 23.2 Å². The molecule has 1 amide bonds. The number of thiophene rings is 1. The number of carbonyl (C=O) groups is 1. The molecule has 2 heterocycles. The van der Waals surface area contributed by atoms with Crippen molar-refractivity contribution in [3.8, 4) is 10.6 Å². The second kappa shape index (κ2) is 6.52. The van der Waals surface area contributed by atoms with Crippen LogP contribution in [-0.2, 0) is 6.54 Å². The van der Waals surface area contributed by atoms with Crippen molar-refractivity contribution in [1.82, 2.24) is 15.5 Å². The molecule has 22 heavy (non-hydrogen) atoms. The van der Waals surface area contributed by atoms with E-state index < -0.39 is 0 Å². The average molecular weight is 352 g/mol. The molecule has 3 rings (SSSR count). The molecular formula is C15H11Cl2N3OS. The number of aromatic nitrogens is 2. The molecule has 0 fully saturated rings. The number of aromatic amines is 1. The SMILES string of the molecule is O=C(NCc1ccc(Cl)c(Cl)c1)c1cc(-c2cccs2)[nH]n1. The third kappa shape index (κ3) is 3.32. The Morgan fingerprint density at radius 3 is 2.82 bits per heavy atom. The maximum absolute atomic E-state index is 12.1. The van der Waals surface area contributed by atoms with E-state index in [1.54, 1.807) is 29.5 Å². The molecule has 0 bridgehead atoms. The summed E-state index contributed by atoms with van der Waals surface area (Å²) in [4.78, 5) is 13.1. The molecule has 0 aliphatic carbocycles. The van der Waals surface area contributed by atoms with Gasteiger partial charge in [0.1, 0.15) is 0 Å². The van der Waals surface area contributed by atoms with Crippen molar-refractivity contribution in [2.75, 3.05) is 0 Å². The molecule has 1 aromatic carbocycles. The molecule has 4 nitrogen and oxygen atoms in total. The molecule has 0 saturated heterocycles. The normalized spacial score (nSPS) is 10.6. The van der Waals surface area contributed by atoms with Crippen molar-refractivity contribution in [2.24, 2.45) is 0 Å². The highest BCUT2D eigenvalue weighted by Gasteiger charge is 2.12. The van der Waals surface area contributed by atoms with Gasteiger partial charge in [0.05, 0.1) is 20.6 Å². The molecule has 0 spiro atoms. The molecular weight excluding hydrogens is 341 g/mol. The zero-order valence-corrected chi connectivity index (χ0v) is 13.6. The molecule has 112 valence electrons. The second-order valence-corrected chi connectivity index (χ2v) is 6.34. The van der Waals surface area contributed by atoms with E-state index in [2.05, 4.69) is 15.5 Å². The van der Waals surface area contributed by atoms with Gasteiger partial charge in [0.2, 0.25) is 0 Å². The Hall–Kier alpha value is -1.82. The summed E-state index contributed by atoms with van der Waals surface area (Å²) in [6, 6.07) is 10.9. The van der Waals surface area contributed by atoms with Crippen molar-refractivity contribution in [3.63, 3.8) is 0 Å². The first-order valence-electron chi connectivity index (χ1n) is 6.45. The Kier molecular flexibility index (Phi) is 4.47. The lowest BCUT2D eigenvalue weighted by molar-refractivity contribution is 0.0946. The van der Waals surface area contributed by atoms with E-state index in [0.717, 1.165) is 16.1 Å². The lowest BCUT2D eigenvalue weighted by Crippen LogP contribution is -2.23. The minimum Gasteiger partial charge on any atom is -0.347 e. The summed E-state index contributed by atoms with van der Waals surface area (Å²) in [5.41, 5.74) is 2.05. The zero-order valence-electron chi connectivity index (χ0n) is 11.3. The minimum absolute atomic E-state index is 0.245. The van der Waals surface area contributed by atoms with Gasteiger partial charge in [-0.2, -0.15) is 5.10 Å². The van der Waals surface area contributed by atoms with Crippen molar-refractivity contribution in [3.05, 3.63) is 63.1 Å². The van der Waals surface area contributed by atoms with Crippen LogP contribution in [0, 0.1) is 0 Å². The molecule has 0 aliphatic rings. The quantitative estimate of drug-likeness (QED) is 0.732. The van der Waals surface area contributed by atoms with E-state index in [1.807, 2.05) is 23.6 Å². The van der Waals surface area contributed by atoms with Crippen molar-refractivity contribution in [2.45, 2.75) is 6.54 Å². The van der Waals surface area contributed by atoms with E-state index in [9.17, 15) is 4.79 Å². The molecule has 7 heteroatoms. The van der Waals surface area contributed by atoms with E-state index in [-0.39, 0.29) is 5.91 Å². The van der Waals surface area contributed by atoms with Gasteiger partial charge in [-0.3, -0.25) is 9.89 Å². The lowest BCUT2D eigenvalue weighted by Gasteiger charge is -2.04. The number of nitrogens with zero attached hydrogens (tertiary/aromatic N) is 1. The maximum atomic E-state index is 12.1. The Balaban J connectivity index is 1.66. The van der Waals surface area contributed by atoms with Gasteiger partial charge < -0.3 is 5.32 Å². The van der Waals surface area contributed by atoms with Gasteiger partial charge in [-0.15, -0.1) is 11.3 Å². The zero-order chi connectivity index (χ0) is 15.5. The Bertz CT molecular complexity index is 799. The van der Waals surface area contributed by atoms with Crippen LogP contribution in [0.3, 0.4) is 0 Å². The predicted octanol–water partition coefficient (Wildman–Crippen LogP) is 4.38. The van der Waals surface area contributed by atoms with Gasteiger partial charge in [0.15, 0.2) is 5.69 Å². The summed E-state index contributed by atoms with van der Waals surface area (Å²) >= 11 is 13.4. The number of hydrogen-bond donors (Lipinski definition) is 2. The number of benzene rings is 1. The largest absolute Gasteiger partial charge is 0.347 e. The number of H-pyrrole nitrogens is 1. The van der Waals surface area contributed by atoms with Crippen LogP contribution < -0.4 is 5.32 Å². The topological polar surface area (TPSA) is 57.8 Å². The van der Waals surface area contributed by atoms with Crippen LogP contribution >= 0.6 is 34.5 Å². The summed E-state index contributed by atoms with van der Waals surface area (Å²) in [6.07, 6.45) is 0. The molecule has 0 unspecified atom stereocenters. The molecule has 2 aromatic heterocycles. The highest BCUT2D eigenvalue weighted by Crippen LogP contribution is 2.23. The third-order valence-corrected chi connectivity index (χ3v) is 4.68. The van der Waals surface area contributed by atoms with Crippen LogP contribution in [0.15, 0.2) is 41.8 Å². The summed E-state index contributed by atoms with van der Waals surface area (Å²) in [5, 5.41) is 12.6. The predicted molar refractivity (Wildman–Crippen MR) is 89.5 cm³/mol. The average Bonchev–Trinajstić information content (AvgIpc) is 3.18. The van der Waals surface area contributed by atoms with Crippen LogP contribution in [0.4, 0.5) is 0 Å². The highest BCUT2D eigenvalue weighted by atomic mass is 35.5. The first-order valence-corrected chi connectivity index (χ1v) is 8.08. The molecule has 3 aromatic rings. The van der Waals surface area contributed by atoms with Crippen LogP contribution in [0.2, 0.25) is 10.0 Å². The van der Waals surface area contributed by atoms with Gasteiger partial charge >= 0.3 is 0 Å². The first-order chi connectivity index (χ1) is 10.6. The van der Waals surface area contributed by atoms with Crippen LogP contribution in [-0.4, -0.2) is 16.1 Å². The van der Waals surface area contributed by atoms with Crippen LogP contribution in [0.5, 0.6) is 0 Å². The Morgan fingerprint density at radius 2 is 2.09 bits per heavy atom. The highest BCUT2D eigenvalue weighted by molar-refractivity contribution is 7.13. The standard InChI is InChI=1S/C15H11Cl2N3OS/c16-10-4-3-9(6-11(10)17)8-18-15(21)13-7-12(19-20-13)14-2-1-5-22-14/h1-7H,8H2,(H,18,21)(H,19,20). The number of rotatable bonds is 4. The summed E-state index contributed by atoms with van der Waals surface area (Å²) in [6.45, 7) is 0.358. The molecule has 0 atom stereocenters. The Morgan fingerprint density at radius 1 is 1.23 bits per heavy atom. The van der Waals surface area contributed by atoms with E-state index in [0.29, 0.717) is 22.3 Å². The van der Waals surface area contributed by atoms with E-state index in [1.165, 1.54) is 0 Å². The fraction of sp³-hybridized carbons (Fsp3) is 0.0667. The minimum atomic E-state index is -0.245. The second-order valence-electron chi connectivity index (χ2n) is 4.58. The first kappa shape index (κ1) is 15.1. The number of amides is 1. The monoisotopic (exact) mass is 351 g/mol. The van der Waals surface area contributed by atoms with Gasteiger partial charge in [0.25, 0.3) is 5.91 Å². The molecule has 2 N–H and O–H groups in total. The smallest absolute Gasteiger partial charge is 0.272 e. The Labute approximate surface area is 141 Å². The summed E-state index contributed by atoms with van der Waals surface area (Å²) < 4.78 is 0. The van der Waals surface area contributed by atoms with Gasteiger partial charge in [-0.05, 0) is 35.2 Å². The van der Waals surface area contributed by atoms with Gasteiger partial charge in [-0.25, -0.2) is 0 Å². The number of hydrogen-bond acceptors (Lipinski definition) is 3. The number of halogens is 2. The number of carbonyl (C=O) groups excluding carboxylic acids is 1. The van der Waals surface area contributed by atoms with Crippen molar-refractivity contribution in [1.29, 1.82) is 0 Å². The van der Waals surface area contributed by atoms with Crippen molar-refractivity contribution < 1.29 is 4.79 Å². The fourth-order valence-electron chi connectivity index (χ4n) is 1.92. The number of nitrogens with one attached hydrogen (secondary N) is 2. The van der Waals surface area contributed by atoms with Gasteiger partial charge in [0, 0.05) is 6.54 Å². The van der Waals surface area contributed by atoms with E-state index >= 15 is 0 Å². The van der Waals surface area contributed by atoms with Crippen LogP contribution in [0.25, 0.3) is 10.6 Å². The molecule has 0 aliphatic heterocycles. The third-order valence-electron chi connectivity index (χ3n) is 3.03. The lowest BCUT2D eigenvalue weighted by atomic mass is 10.2. The van der Waals surface area contributed by atoms with Crippen molar-refractivity contribution >= 4 is 40.4 Å². The summed E-state index contributed by atoms with van der Waals surface area (Å²) in [7, 11) is 0. The fourth-order valence-corrected chi connectivity index (χ4v) is 2.93. The molecule has 0 saturated carbocycles. The molecule has 0 radical (unpaired) electrons. The van der Waals surface area contributed by atoms with Crippen LogP contribution in [0.1, 0.15) is 16.1 Å². The maximum Gasteiger partial charge on any atom is 0.272 e.